The first-order chi connectivity index (χ1) is 19.9. The number of nitrogens with one attached hydrogen (secondary N) is 2. The maximum absolute atomic E-state index is 9.59. The van der Waals surface area contributed by atoms with Gasteiger partial charge in [-0.2, -0.15) is 15.0 Å². The lowest BCUT2D eigenvalue weighted by Gasteiger charge is -2.22. The molecule has 41 heavy (non-hydrogen) atoms. The molecule has 3 rings (SSSR count). The van der Waals surface area contributed by atoms with E-state index in [1.165, 1.54) is 28.4 Å². The highest BCUT2D eigenvalue weighted by atomic mass is 35.5. The fourth-order valence-electron chi connectivity index (χ4n) is 3.61. The zero-order valence-corrected chi connectivity index (χ0v) is 24.0. The molecule has 0 fully saturated rings. The second-order valence-electron chi connectivity index (χ2n) is 7.77. The second-order valence-corrected chi connectivity index (χ2v) is 8.07. The summed E-state index contributed by atoms with van der Waals surface area (Å²) >= 11 is 10.8. The van der Waals surface area contributed by atoms with Crippen LogP contribution in [0.4, 0.5) is 40.6 Å². The van der Waals surface area contributed by atoms with Gasteiger partial charge in [0.05, 0.1) is 76.6 Å². The number of aliphatic hydroxyl groups excluding tert-OH is 2. The molecule has 0 bridgehead atoms. The van der Waals surface area contributed by atoms with E-state index in [1.807, 2.05) is 0 Å². The Balaban J connectivity index is 2.13. The Kier molecular flexibility index (Phi) is 11.8. The van der Waals surface area contributed by atoms with E-state index in [9.17, 15) is 10.2 Å². The van der Waals surface area contributed by atoms with E-state index in [0.29, 0.717) is 45.7 Å². The zero-order valence-electron chi connectivity index (χ0n) is 22.5. The molecule has 0 spiro atoms. The molecule has 2 aromatic carbocycles. The van der Waals surface area contributed by atoms with Crippen LogP contribution in [-0.4, -0.2) is 79.9 Å². The Morgan fingerprint density at radius 3 is 1.44 bits per heavy atom. The smallest absolute Gasteiger partial charge is 0.233 e. The molecule has 0 amide bonds. The Labute approximate surface area is 245 Å². The third-order valence-electron chi connectivity index (χ3n) is 5.43. The highest BCUT2D eigenvalue weighted by Crippen LogP contribution is 2.41. The molecule has 0 unspecified atom stereocenters. The van der Waals surface area contributed by atoms with Crippen LogP contribution in [0.3, 0.4) is 0 Å². The van der Waals surface area contributed by atoms with Crippen LogP contribution in [0.2, 0.25) is 0 Å². The lowest BCUT2D eigenvalue weighted by atomic mass is 10.2. The maximum Gasteiger partial charge on any atom is 0.233 e. The van der Waals surface area contributed by atoms with Gasteiger partial charge < -0.3 is 44.7 Å². The predicted molar refractivity (Wildman–Crippen MR) is 153 cm³/mol. The number of aliphatic hydroxyl groups is 2. The Morgan fingerprint density at radius 1 is 0.683 bits per heavy atom. The summed E-state index contributed by atoms with van der Waals surface area (Å²) in [5, 5.41) is 33.0. The van der Waals surface area contributed by atoms with Gasteiger partial charge in [0.15, 0.2) is 0 Å². The SMILES string of the molecule is COc1cc(Nc2nc(Nc3cc(OC)c(N=NCl)cc3OC)nc(N(CCO)CCO)n2)c(OC)cc1N=NCl. The fraction of sp³-hybridized carbons (Fsp3) is 0.348. The number of hydrogen-bond acceptors (Lipinski definition) is 16. The van der Waals surface area contributed by atoms with Gasteiger partial charge in [0.25, 0.3) is 0 Å². The van der Waals surface area contributed by atoms with E-state index in [1.54, 1.807) is 29.2 Å². The number of nitrogens with zero attached hydrogens (tertiary/aromatic N) is 8. The minimum Gasteiger partial charge on any atom is -0.494 e. The first-order valence-corrected chi connectivity index (χ1v) is 12.5. The molecule has 0 aliphatic carbocycles. The van der Waals surface area contributed by atoms with Crippen molar-refractivity contribution in [2.24, 2.45) is 19.5 Å². The van der Waals surface area contributed by atoms with Gasteiger partial charge in [-0.1, -0.05) is 9.27 Å². The summed E-state index contributed by atoms with van der Waals surface area (Å²) in [7, 11) is 5.87. The van der Waals surface area contributed by atoms with Crippen LogP contribution in [0.25, 0.3) is 0 Å². The van der Waals surface area contributed by atoms with Crippen LogP contribution in [0.1, 0.15) is 0 Å². The van der Waals surface area contributed by atoms with Crippen molar-refractivity contribution in [1.29, 1.82) is 0 Å². The minimum atomic E-state index is -0.208. The molecule has 1 heterocycles. The molecule has 18 heteroatoms. The maximum atomic E-state index is 9.59. The fourth-order valence-corrected chi connectivity index (χ4v) is 3.77. The monoisotopic (exact) mass is 610 g/mol. The number of rotatable bonds is 15. The summed E-state index contributed by atoms with van der Waals surface area (Å²) in [5.41, 5.74) is 1.51. The summed E-state index contributed by atoms with van der Waals surface area (Å²) < 4.78 is 28.3. The largest absolute Gasteiger partial charge is 0.494 e. The van der Waals surface area contributed by atoms with Crippen molar-refractivity contribution in [2.75, 3.05) is 70.3 Å². The highest BCUT2D eigenvalue weighted by molar-refractivity contribution is 6.14. The first kappa shape index (κ1) is 31.3. The van der Waals surface area contributed by atoms with Crippen LogP contribution < -0.4 is 34.5 Å². The number of benzene rings is 2. The van der Waals surface area contributed by atoms with E-state index in [-0.39, 0.29) is 44.1 Å². The van der Waals surface area contributed by atoms with Gasteiger partial charge in [-0.25, -0.2) is 0 Å². The number of aromatic nitrogens is 3. The van der Waals surface area contributed by atoms with Crippen molar-refractivity contribution in [2.45, 2.75) is 0 Å². The molecule has 0 aliphatic rings. The molecule has 0 aliphatic heterocycles. The number of ether oxygens (including phenoxy) is 4. The van der Waals surface area contributed by atoms with Crippen molar-refractivity contribution < 1.29 is 29.2 Å². The Bertz CT molecular complexity index is 1280. The van der Waals surface area contributed by atoms with Crippen LogP contribution in [0.15, 0.2) is 43.8 Å². The van der Waals surface area contributed by atoms with Gasteiger partial charge >= 0.3 is 0 Å². The number of halogens is 2. The third-order valence-corrected chi connectivity index (χ3v) is 5.58. The molecule has 1 aromatic heterocycles. The van der Waals surface area contributed by atoms with E-state index >= 15 is 0 Å². The van der Waals surface area contributed by atoms with Gasteiger partial charge in [-0.15, -0.1) is 10.2 Å². The van der Waals surface area contributed by atoms with Crippen LogP contribution >= 0.6 is 23.6 Å². The molecule has 4 N–H and O–H groups in total. The Hall–Kier alpha value is -4.25. The van der Waals surface area contributed by atoms with Gasteiger partial charge in [0.2, 0.25) is 17.8 Å². The average molecular weight is 611 g/mol. The van der Waals surface area contributed by atoms with Crippen molar-refractivity contribution in [1.82, 2.24) is 15.0 Å². The van der Waals surface area contributed by atoms with Gasteiger partial charge in [-0.05, 0) is 0 Å². The summed E-state index contributed by atoms with van der Waals surface area (Å²) in [6.07, 6.45) is 0. The van der Waals surface area contributed by atoms with Gasteiger partial charge in [-0.3, -0.25) is 0 Å². The summed E-state index contributed by atoms with van der Waals surface area (Å²) in [6.45, 7) is -0.122. The van der Waals surface area contributed by atoms with Crippen molar-refractivity contribution in [3.05, 3.63) is 24.3 Å². The minimum absolute atomic E-state index is 0.0870. The lowest BCUT2D eigenvalue weighted by molar-refractivity contribution is 0.280. The van der Waals surface area contributed by atoms with Crippen molar-refractivity contribution in [3.63, 3.8) is 0 Å². The average Bonchev–Trinajstić information content (AvgIpc) is 2.98. The van der Waals surface area contributed by atoms with Crippen LogP contribution in [0, 0.1) is 0 Å². The van der Waals surface area contributed by atoms with E-state index in [2.05, 4.69) is 45.1 Å². The molecular formula is C23H28Cl2N10O6. The number of hydrogen-bond donors (Lipinski definition) is 4. The summed E-state index contributed by atoms with van der Waals surface area (Å²) in [4.78, 5) is 15.0. The van der Waals surface area contributed by atoms with Gasteiger partial charge in [0, 0.05) is 37.4 Å². The molecule has 0 radical (unpaired) electrons. The molecular weight excluding hydrogens is 583 g/mol. The quantitative estimate of drug-likeness (QED) is 0.174. The van der Waals surface area contributed by atoms with E-state index in [4.69, 9.17) is 42.5 Å². The van der Waals surface area contributed by atoms with Crippen LogP contribution in [0.5, 0.6) is 23.0 Å². The third kappa shape index (κ3) is 7.91. The highest BCUT2D eigenvalue weighted by Gasteiger charge is 2.19. The lowest BCUT2D eigenvalue weighted by Crippen LogP contribution is -2.31. The molecule has 16 nitrogen and oxygen atoms in total. The van der Waals surface area contributed by atoms with E-state index in [0.717, 1.165) is 0 Å². The normalized spacial score (nSPS) is 11.1. The molecule has 0 saturated heterocycles. The zero-order chi connectivity index (χ0) is 29.8. The number of anilines is 5. The second kappa shape index (κ2) is 15.5. The first-order valence-electron chi connectivity index (χ1n) is 11.8. The Morgan fingerprint density at radius 2 is 1.10 bits per heavy atom. The van der Waals surface area contributed by atoms with Gasteiger partial charge in [0.1, 0.15) is 34.4 Å². The standard InChI is InChI=1S/C23H28Cl2N10O6/c1-38-17-11-15(31-33-24)19(40-3)9-13(17)26-21-28-22(30-23(29-21)35(5-7-36)6-8-37)27-14-10-20(41-4)16(32-34-25)12-18(14)39-2/h9-12,36-37H,5-8H2,1-4H3,(H2,26,27,28,29,30). The molecule has 3 aromatic rings. The van der Waals surface area contributed by atoms with Crippen molar-refractivity contribution in [3.8, 4) is 23.0 Å². The summed E-state index contributed by atoms with van der Waals surface area (Å²) in [6, 6.07) is 6.34. The summed E-state index contributed by atoms with van der Waals surface area (Å²) in [5.74, 6) is 1.74. The predicted octanol–water partition coefficient (Wildman–Crippen LogP) is 4.66. The van der Waals surface area contributed by atoms with Crippen molar-refractivity contribution >= 4 is 64.1 Å². The molecule has 0 saturated carbocycles. The molecule has 220 valence electrons. The van der Waals surface area contributed by atoms with Crippen LogP contribution in [-0.2, 0) is 0 Å². The van der Waals surface area contributed by atoms with E-state index < -0.39 is 0 Å². The molecule has 0 atom stereocenters. The topological polar surface area (TPSA) is 193 Å². The number of methoxy groups -OCH3 is 4.